The van der Waals surface area contributed by atoms with Crippen LogP contribution in [0.2, 0.25) is 0 Å². The van der Waals surface area contributed by atoms with Crippen LogP contribution in [0.25, 0.3) is 6.08 Å². The van der Waals surface area contributed by atoms with Crippen molar-refractivity contribution in [2.45, 2.75) is 26.5 Å². The van der Waals surface area contributed by atoms with Gasteiger partial charge in [0, 0.05) is 17.2 Å². The van der Waals surface area contributed by atoms with Gasteiger partial charge in [-0.1, -0.05) is 41.7 Å². The second kappa shape index (κ2) is 12.4. The molecule has 0 fully saturated rings. The van der Waals surface area contributed by atoms with Crippen molar-refractivity contribution in [2.24, 2.45) is 4.99 Å². The molecule has 3 aromatic carbocycles. The van der Waals surface area contributed by atoms with Crippen molar-refractivity contribution in [3.05, 3.63) is 120 Å². The van der Waals surface area contributed by atoms with Crippen LogP contribution >= 0.6 is 11.3 Å². The molecule has 0 bridgehead atoms. The molecule has 0 saturated carbocycles. The van der Waals surface area contributed by atoms with E-state index in [1.165, 1.54) is 29.1 Å². The van der Waals surface area contributed by atoms with Crippen LogP contribution < -0.4 is 29.1 Å². The smallest absolute Gasteiger partial charge is 0.338 e. The van der Waals surface area contributed by atoms with Crippen molar-refractivity contribution >= 4 is 23.4 Å². The van der Waals surface area contributed by atoms with E-state index in [-0.39, 0.29) is 30.2 Å². The number of aromatic nitrogens is 1. The maximum absolute atomic E-state index is 13.9. The van der Waals surface area contributed by atoms with E-state index in [0.717, 1.165) is 5.56 Å². The number of allylic oxidation sites excluding steroid dienone is 1. The Kier molecular flexibility index (Phi) is 8.53. The summed E-state index contributed by atoms with van der Waals surface area (Å²) >= 11 is 1.22. The van der Waals surface area contributed by atoms with E-state index in [2.05, 4.69) is 4.99 Å². The summed E-state index contributed by atoms with van der Waals surface area (Å²) in [7, 11) is 3.07. The highest BCUT2D eigenvalue weighted by Gasteiger charge is 2.35. The molecular weight excluding hydrogens is 559 g/mol. The molecule has 2 heterocycles. The van der Waals surface area contributed by atoms with Crippen molar-refractivity contribution in [2.75, 3.05) is 20.8 Å². The van der Waals surface area contributed by atoms with Crippen LogP contribution in [0.15, 0.2) is 87.8 Å². The van der Waals surface area contributed by atoms with E-state index < -0.39 is 12.0 Å². The number of fused-ring (bicyclic) bond motifs is 1. The van der Waals surface area contributed by atoms with E-state index in [4.69, 9.17) is 18.9 Å². The van der Waals surface area contributed by atoms with Gasteiger partial charge in [-0.3, -0.25) is 9.36 Å². The molecule has 5 rings (SSSR count). The van der Waals surface area contributed by atoms with Gasteiger partial charge >= 0.3 is 5.97 Å². The monoisotopic (exact) mass is 588 g/mol. The largest absolute Gasteiger partial charge is 0.497 e. The highest BCUT2D eigenvalue weighted by atomic mass is 32.1. The lowest BCUT2D eigenvalue weighted by Crippen LogP contribution is -2.40. The Balaban J connectivity index is 1.54. The Bertz CT molecular complexity index is 1840. The Morgan fingerprint density at radius 2 is 1.79 bits per heavy atom. The molecule has 1 aliphatic rings. The van der Waals surface area contributed by atoms with E-state index in [1.54, 1.807) is 75.6 Å². The van der Waals surface area contributed by atoms with Crippen LogP contribution in [0.1, 0.15) is 36.6 Å². The highest BCUT2D eigenvalue weighted by molar-refractivity contribution is 7.07. The molecule has 4 aromatic rings. The lowest BCUT2D eigenvalue weighted by Gasteiger charge is -2.26. The molecule has 42 heavy (non-hydrogen) atoms. The molecule has 8 nitrogen and oxygen atoms in total. The number of hydrogen-bond acceptors (Lipinski definition) is 8. The van der Waals surface area contributed by atoms with Crippen molar-refractivity contribution in [1.29, 1.82) is 0 Å². The summed E-state index contributed by atoms with van der Waals surface area (Å²) < 4.78 is 38.0. The molecule has 0 radical (unpaired) electrons. The fraction of sp³-hybridized carbons (Fsp3) is 0.219. The lowest BCUT2D eigenvalue weighted by atomic mass is 9.95. The molecule has 1 unspecified atom stereocenters. The molecule has 0 spiro atoms. The van der Waals surface area contributed by atoms with Crippen LogP contribution in [0.4, 0.5) is 4.39 Å². The Morgan fingerprint density at radius 3 is 2.48 bits per heavy atom. The zero-order valence-corrected chi connectivity index (χ0v) is 24.4. The van der Waals surface area contributed by atoms with Gasteiger partial charge in [-0.25, -0.2) is 14.2 Å². The SMILES string of the molecule is CCOC(=O)C1=C(C)N=c2sc(=Cc3ccc(OCc4ccccc4F)cc3)c(=O)n2C1c1ccc(OC)cc1OC. The number of carbonyl (C=O) groups is 1. The first-order chi connectivity index (χ1) is 20.3. The predicted molar refractivity (Wildman–Crippen MR) is 157 cm³/mol. The minimum absolute atomic E-state index is 0.0988. The second-order valence-electron chi connectivity index (χ2n) is 9.36. The first kappa shape index (κ1) is 28.8. The highest BCUT2D eigenvalue weighted by Crippen LogP contribution is 2.37. The van der Waals surface area contributed by atoms with E-state index in [0.29, 0.717) is 43.4 Å². The molecule has 0 amide bonds. The van der Waals surface area contributed by atoms with Crippen molar-refractivity contribution in [1.82, 2.24) is 4.57 Å². The zero-order chi connectivity index (χ0) is 29.8. The van der Waals surface area contributed by atoms with Crippen LogP contribution in [0.3, 0.4) is 0 Å². The van der Waals surface area contributed by atoms with Gasteiger partial charge in [0.15, 0.2) is 4.80 Å². The van der Waals surface area contributed by atoms with Crippen LogP contribution in [-0.4, -0.2) is 31.4 Å². The Labute approximate surface area is 245 Å². The minimum Gasteiger partial charge on any atom is -0.497 e. The van der Waals surface area contributed by atoms with Gasteiger partial charge in [-0.05, 0) is 55.8 Å². The predicted octanol–water partition coefficient (Wildman–Crippen LogP) is 4.53. The van der Waals surface area contributed by atoms with Crippen molar-refractivity contribution in [3.63, 3.8) is 0 Å². The number of benzene rings is 3. The molecule has 0 saturated heterocycles. The van der Waals surface area contributed by atoms with Gasteiger partial charge < -0.3 is 18.9 Å². The number of ether oxygens (including phenoxy) is 4. The zero-order valence-electron chi connectivity index (χ0n) is 23.5. The Hall–Kier alpha value is -4.70. The topological polar surface area (TPSA) is 88.4 Å². The van der Waals surface area contributed by atoms with Gasteiger partial charge in [-0.15, -0.1) is 0 Å². The van der Waals surface area contributed by atoms with Gasteiger partial charge in [0.2, 0.25) is 0 Å². The summed E-state index contributed by atoms with van der Waals surface area (Å²) in [5.74, 6) is 0.718. The molecule has 0 aliphatic carbocycles. The molecule has 1 aromatic heterocycles. The van der Waals surface area contributed by atoms with Gasteiger partial charge in [0.25, 0.3) is 5.56 Å². The summed E-state index contributed by atoms with van der Waals surface area (Å²) in [6, 6.07) is 18.0. The number of nitrogens with zero attached hydrogens (tertiary/aromatic N) is 2. The lowest BCUT2D eigenvalue weighted by molar-refractivity contribution is -0.139. The van der Waals surface area contributed by atoms with Crippen molar-refractivity contribution < 1.29 is 28.1 Å². The molecule has 10 heteroatoms. The number of hydrogen-bond donors (Lipinski definition) is 0. The number of thiazole rings is 1. The quantitative estimate of drug-likeness (QED) is 0.267. The molecule has 1 atom stereocenters. The molecule has 1 aliphatic heterocycles. The van der Waals surface area contributed by atoms with Gasteiger partial charge in [0.1, 0.15) is 35.7 Å². The maximum Gasteiger partial charge on any atom is 0.338 e. The van der Waals surface area contributed by atoms with Gasteiger partial charge in [-0.2, -0.15) is 0 Å². The fourth-order valence-corrected chi connectivity index (χ4v) is 5.76. The summed E-state index contributed by atoms with van der Waals surface area (Å²) in [4.78, 5) is 32.1. The molecule has 216 valence electrons. The third kappa shape index (κ3) is 5.71. The van der Waals surface area contributed by atoms with E-state index >= 15 is 0 Å². The first-order valence-corrected chi connectivity index (χ1v) is 14.0. The number of carbonyl (C=O) groups excluding carboxylic acids is 1. The summed E-state index contributed by atoms with van der Waals surface area (Å²) in [5.41, 5.74) is 2.23. The van der Waals surface area contributed by atoms with E-state index in [9.17, 15) is 14.0 Å². The maximum atomic E-state index is 13.9. The van der Waals surface area contributed by atoms with E-state index in [1.807, 2.05) is 12.1 Å². The average molecular weight is 589 g/mol. The number of halogens is 1. The molecule has 0 N–H and O–H groups in total. The summed E-state index contributed by atoms with van der Waals surface area (Å²) in [5, 5.41) is 0. The third-order valence-electron chi connectivity index (χ3n) is 6.78. The van der Waals surface area contributed by atoms with Crippen LogP contribution in [0.5, 0.6) is 17.2 Å². The molecular formula is C32H29FN2O6S. The number of methoxy groups -OCH3 is 2. The summed E-state index contributed by atoms with van der Waals surface area (Å²) in [6.07, 6.45) is 1.76. The van der Waals surface area contributed by atoms with Crippen LogP contribution in [-0.2, 0) is 16.1 Å². The van der Waals surface area contributed by atoms with Crippen molar-refractivity contribution in [3.8, 4) is 17.2 Å². The second-order valence-corrected chi connectivity index (χ2v) is 10.4. The average Bonchev–Trinajstić information content (AvgIpc) is 3.30. The fourth-order valence-electron chi connectivity index (χ4n) is 4.72. The first-order valence-electron chi connectivity index (χ1n) is 13.2. The van der Waals surface area contributed by atoms with Crippen LogP contribution in [0, 0.1) is 5.82 Å². The number of rotatable bonds is 9. The minimum atomic E-state index is -0.822. The Morgan fingerprint density at radius 1 is 1.05 bits per heavy atom. The normalized spacial score (nSPS) is 14.7. The summed E-state index contributed by atoms with van der Waals surface area (Å²) in [6.45, 7) is 3.72. The number of esters is 1. The third-order valence-corrected chi connectivity index (χ3v) is 7.77. The standard InChI is InChI=1S/C32H29FN2O6S/c1-5-40-31(37)28-19(2)34-32-35(29(28)24-15-14-23(38-3)17-26(24)39-4)30(36)27(42-32)16-20-10-12-22(13-11-20)41-18-21-8-6-7-9-25(21)33/h6-17,29H,5,18H2,1-4H3. The van der Waals surface area contributed by atoms with Gasteiger partial charge in [0.05, 0.1) is 36.6 Å².